The number of esters is 1. The van der Waals surface area contributed by atoms with Crippen LogP contribution in [0.4, 0.5) is 8.78 Å². The van der Waals surface area contributed by atoms with Crippen LogP contribution in [0, 0.1) is 15.2 Å². The Kier molecular flexibility index (Phi) is 8.11. The van der Waals surface area contributed by atoms with Crippen molar-refractivity contribution in [2.45, 2.75) is 38.9 Å². The van der Waals surface area contributed by atoms with Crippen molar-refractivity contribution < 1.29 is 28.2 Å². The first-order valence-electron chi connectivity index (χ1n) is 8.29. The Hall–Kier alpha value is -1.33. The van der Waals surface area contributed by atoms with Crippen molar-refractivity contribution in [3.8, 4) is 0 Å². The molecule has 1 aromatic rings. The molecule has 1 aromatic carbocycles. The van der Waals surface area contributed by atoms with Gasteiger partial charge in [-0.1, -0.05) is 13.8 Å². The summed E-state index contributed by atoms with van der Waals surface area (Å²) < 4.78 is 32.6. The highest BCUT2D eigenvalue weighted by atomic mass is 127. The van der Waals surface area contributed by atoms with Crippen molar-refractivity contribution in [1.29, 1.82) is 0 Å². The van der Waals surface area contributed by atoms with E-state index in [2.05, 4.69) is 4.99 Å². The topological polar surface area (TPSA) is 79.1 Å². The Bertz CT molecular complexity index is 773. The van der Waals surface area contributed by atoms with Crippen LogP contribution in [0.5, 0.6) is 0 Å². The third-order valence-electron chi connectivity index (χ3n) is 4.38. The molecule has 0 heterocycles. The fourth-order valence-electron chi connectivity index (χ4n) is 1.83. The van der Waals surface area contributed by atoms with Gasteiger partial charge in [0.25, 0.3) is 0 Å². The van der Waals surface area contributed by atoms with Crippen LogP contribution in [0.3, 0.4) is 0 Å². The summed E-state index contributed by atoms with van der Waals surface area (Å²) in [4.78, 5) is 26.7. The molecule has 0 aromatic heterocycles. The van der Waals surface area contributed by atoms with E-state index in [1.165, 1.54) is 0 Å². The Labute approximate surface area is 172 Å². The first-order chi connectivity index (χ1) is 12.3. The minimum absolute atomic E-state index is 0.0506. The lowest BCUT2D eigenvalue weighted by molar-refractivity contribution is -0.137. The number of aliphatic hydroxyl groups excluding tert-OH is 1. The molecule has 0 amide bonds. The Morgan fingerprint density at radius 2 is 1.93 bits per heavy atom. The largest absolute Gasteiger partial charge is 0.506 e. The van der Waals surface area contributed by atoms with E-state index < -0.39 is 36.7 Å². The monoisotopic (exact) mass is 511 g/mol. The molecule has 0 aliphatic rings. The standard InChI is InChI=1S/C18H24F2INO4Si/c1-6-26-17(24)12(9-22-10-18(2,3)27(4,5)25)16(23)11-7-15(21)14(20)8-13(11)19/h7-9,23,25H,6,10H2,1-5H3. The van der Waals surface area contributed by atoms with Crippen LogP contribution < -0.4 is 0 Å². The van der Waals surface area contributed by atoms with E-state index in [4.69, 9.17) is 4.74 Å². The predicted molar refractivity (Wildman–Crippen MR) is 112 cm³/mol. The van der Waals surface area contributed by atoms with Gasteiger partial charge < -0.3 is 14.6 Å². The maximum Gasteiger partial charge on any atom is 0.343 e. The van der Waals surface area contributed by atoms with Gasteiger partial charge in [0.1, 0.15) is 23.0 Å². The number of hydrogen-bond acceptors (Lipinski definition) is 5. The molecule has 2 N–H and O–H groups in total. The van der Waals surface area contributed by atoms with Crippen molar-refractivity contribution >= 4 is 48.9 Å². The number of rotatable bonds is 7. The second-order valence-electron chi connectivity index (χ2n) is 7.14. The van der Waals surface area contributed by atoms with Gasteiger partial charge in [0.15, 0.2) is 8.32 Å². The van der Waals surface area contributed by atoms with Crippen molar-refractivity contribution in [3.63, 3.8) is 0 Å². The molecule has 0 spiro atoms. The summed E-state index contributed by atoms with van der Waals surface area (Å²) in [5, 5.41) is 9.95. The molecular formula is C18H24F2INO4Si. The zero-order chi connectivity index (χ0) is 21.0. The summed E-state index contributed by atoms with van der Waals surface area (Å²) in [7, 11) is -2.52. The van der Waals surface area contributed by atoms with Crippen LogP contribution in [-0.4, -0.2) is 43.6 Å². The van der Waals surface area contributed by atoms with E-state index >= 15 is 0 Å². The smallest absolute Gasteiger partial charge is 0.343 e. The molecule has 0 unspecified atom stereocenters. The highest BCUT2D eigenvalue weighted by Gasteiger charge is 2.37. The number of aliphatic hydroxyl groups is 1. The van der Waals surface area contributed by atoms with Gasteiger partial charge >= 0.3 is 5.97 Å². The molecule has 9 heteroatoms. The quantitative estimate of drug-likeness (QED) is 0.108. The molecule has 5 nitrogen and oxygen atoms in total. The van der Waals surface area contributed by atoms with E-state index in [1.54, 1.807) is 42.6 Å². The van der Waals surface area contributed by atoms with E-state index in [9.17, 15) is 23.5 Å². The van der Waals surface area contributed by atoms with Crippen LogP contribution in [0.1, 0.15) is 26.3 Å². The summed E-state index contributed by atoms with van der Waals surface area (Å²) >= 11 is 1.66. The minimum atomic E-state index is -2.52. The van der Waals surface area contributed by atoms with E-state index in [0.29, 0.717) is 6.07 Å². The summed E-state index contributed by atoms with van der Waals surface area (Å²) in [5.74, 6) is -3.35. The summed E-state index contributed by atoms with van der Waals surface area (Å²) in [6.07, 6.45) is 1.10. The molecular weight excluding hydrogens is 487 g/mol. The fraction of sp³-hybridized carbons (Fsp3) is 0.444. The van der Waals surface area contributed by atoms with Gasteiger partial charge in [0.05, 0.1) is 12.2 Å². The van der Waals surface area contributed by atoms with E-state index in [-0.39, 0.29) is 27.9 Å². The van der Waals surface area contributed by atoms with Crippen LogP contribution in [0.25, 0.3) is 5.76 Å². The summed E-state index contributed by atoms with van der Waals surface area (Å²) in [5.41, 5.74) is -0.669. The summed E-state index contributed by atoms with van der Waals surface area (Å²) in [6.45, 7) is 9.10. The van der Waals surface area contributed by atoms with Gasteiger partial charge in [-0.25, -0.2) is 13.6 Å². The van der Waals surface area contributed by atoms with E-state index in [1.807, 2.05) is 13.8 Å². The van der Waals surface area contributed by atoms with Gasteiger partial charge in [-0.3, -0.25) is 4.99 Å². The highest BCUT2D eigenvalue weighted by molar-refractivity contribution is 14.1. The second-order valence-corrected chi connectivity index (χ2v) is 12.8. The van der Waals surface area contributed by atoms with Gasteiger partial charge in [0.2, 0.25) is 0 Å². The van der Waals surface area contributed by atoms with Crippen molar-refractivity contribution in [3.05, 3.63) is 38.5 Å². The lowest BCUT2D eigenvalue weighted by Gasteiger charge is -2.33. The molecule has 0 saturated carbocycles. The lowest BCUT2D eigenvalue weighted by Crippen LogP contribution is -2.40. The van der Waals surface area contributed by atoms with Gasteiger partial charge in [-0.15, -0.1) is 0 Å². The lowest BCUT2D eigenvalue weighted by atomic mass is 10.1. The average molecular weight is 511 g/mol. The number of nitrogens with zero attached hydrogens (tertiary/aromatic N) is 1. The van der Waals surface area contributed by atoms with Crippen molar-refractivity contribution in [2.24, 2.45) is 4.99 Å². The second kappa shape index (κ2) is 9.24. The Balaban J connectivity index is 3.37. The third kappa shape index (κ3) is 6.08. The zero-order valence-corrected chi connectivity index (χ0v) is 19.1. The number of carbonyl (C=O) groups is 1. The molecule has 1 rings (SSSR count). The SMILES string of the molecule is CCOC(=O)C(C=NCC(C)(C)[Si](C)(C)O)=C(O)c1cc(I)c(F)cc1F. The molecule has 0 bridgehead atoms. The maximum atomic E-state index is 14.1. The van der Waals surface area contributed by atoms with Gasteiger partial charge in [-0.05, 0) is 48.7 Å². The van der Waals surface area contributed by atoms with Crippen molar-refractivity contribution in [1.82, 2.24) is 0 Å². The van der Waals surface area contributed by atoms with Crippen LogP contribution >= 0.6 is 22.6 Å². The van der Waals surface area contributed by atoms with Crippen molar-refractivity contribution in [2.75, 3.05) is 13.2 Å². The third-order valence-corrected chi connectivity index (χ3v) is 8.68. The van der Waals surface area contributed by atoms with Crippen LogP contribution in [0.15, 0.2) is 22.7 Å². The molecule has 0 radical (unpaired) electrons. The molecule has 0 aliphatic heterocycles. The van der Waals surface area contributed by atoms with Crippen LogP contribution in [0.2, 0.25) is 18.1 Å². The molecule has 0 saturated heterocycles. The van der Waals surface area contributed by atoms with Crippen LogP contribution in [-0.2, 0) is 9.53 Å². The zero-order valence-electron chi connectivity index (χ0n) is 15.9. The number of carbonyl (C=O) groups excluding carboxylic acids is 1. The Morgan fingerprint density at radius 1 is 1.33 bits per heavy atom. The highest BCUT2D eigenvalue weighted by Crippen LogP contribution is 2.35. The number of halogens is 3. The molecule has 0 fully saturated rings. The number of ether oxygens (including phenoxy) is 1. The van der Waals surface area contributed by atoms with E-state index in [0.717, 1.165) is 12.3 Å². The maximum absolute atomic E-state index is 14.1. The predicted octanol–water partition coefficient (Wildman–Crippen LogP) is 4.45. The minimum Gasteiger partial charge on any atom is -0.506 e. The normalized spacial score (nSPS) is 13.7. The van der Waals surface area contributed by atoms with Gasteiger partial charge in [-0.2, -0.15) is 0 Å². The molecule has 0 atom stereocenters. The number of benzene rings is 1. The summed E-state index contributed by atoms with van der Waals surface area (Å²) in [6, 6.07) is 1.73. The first kappa shape index (κ1) is 23.7. The molecule has 27 heavy (non-hydrogen) atoms. The fourth-order valence-corrected chi connectivity index (χ4v) is 2.77. The number of aliphatic imine (C=N–C) groups is 1. The first-order valence-corrected chi connectivity index (χ1v) is 12.3. The van der Waals surface area contributed by atoms with Gasteiger partial charge in [0, 0.05) is 27.4 Å². The average Bonchev–Trinajstić information content (AvgIpc) is 2.53. The molecule has 0 aliphatic carbocycles. The molecule has 150 valence electrons. The Morgan fingerprint density at radius 3 is 2.44 bits per heavy atom. The number of hydrogen-bond donors (Lipinski definition) is 2.